The molecule has 0 radical (unpaired) electrons. The molecule has 0 aromatic heterocycles. The van der Waals surface area contributed by atoms with Gasteiger partial charge in [-0.2, -0.15) is 0 Å². The normalized spacial score (nSPS) is 11.3. The fraction of sp³-hybridized carbons (Fsp3) is 0.400. The fourth-order valence-corrected chi connectivity index (χ4v) is 1.92. The van der Waals surface area contributed by atoms with Crippen LogP contribution in [0.4, 0.5) is 0 Å². The van der Waals surface area contributed by atoms with Gasteiger partial charge in [-0.25, -0.2) is 8.42 Å². The van der Waals surface area contributed by atoms with Gasteiger partial charge in [-0.1, -0.05) is 18.2 Å². The molecule has 84 valence electrons. The first kappa shape index (κ1) is 12.3. The second-order valence-corrected chi connectivity index (χ2v) is 6.11. The van der Waals surface area contributed by atoms with Gasteiger partial charge >= 0.3 is 0 Å². The number of para-hydroxylation sites is 1. The minimum absolute atomic E-state index is 0.0551. The van der Waals surface area contributed by atoms with Crippen LogP contribution in [0.2, 0.25) is 0 Å². The monoisotopic (exact) mass is 248 g/mol. The molecule has 1 aromatic rings. The molecule has 0 aliphatic carbocycles. The van der Waals surface area contributed by atoms with Gasteiger partial charge in [0.25, 0.3) is 0 Å². The van der Waals surface area contributed by atoms with Crippen molar-refractivity contribution in [2.24, 2.45) is 0 Å². The minimum atomic E-state index is -3.40. The average Bonchev–Trinajstić information content (AvgIpc) is 2.13. The van der Waals surface area contributed by atoms with Crippen molar-refractivity contribution >= 4 is 19.7 Å². The van der Waals surface area contributed by atoms with Crippen molar-refractivity contribution in [2.75, 3.05) is 12.4 Å². The molecule has 0 saturated carbocycles. The summed E-state index contributed by atoms with van der Waals surface area (Å²) in [6, 6.07) is 7.59. The number of halogens is 1. The van der Waals surface area contributed by atoms with Gasteiger partial charge in [0.2, 0.25) is 9.05 Å². The van der Waals surface area contributed by atoms with E-state index in [0.29, 0.717) is 13.0 Å². The summed E-state index contributed by atoms with van der Waals surface area (Å²) in [5.74, 6) is 0.727. The quantitative estimate of drug-likeness (QED) is 0.593. The van der Waals surface area contributed by atoms with Crippen LogP contribution in [0.3, 0.4) is 0 Å². The molecule has 0 fully saturated rings. The number of ether oxygens (including phenoxy) is 1. The van der Waals surface area contributed by atoms with Gasteiger partial charge in [0, 0.05) is 10.7 Å². The molecule has 1 aromatic carbocycles. The highest BCUT2D eigenvalue weighted by molar-refractivity contribution is 8.13. The van der Waals surface area contributed by atoms with Crippen LogP contribution in [0.15, 0.2) is 24.3 Å². The van der Waals surface area contributed by atoms with E-state index in [2.05, 4.69) is 0 Å². The molecule has 0 spiro atoms. The summed E-state index contributed by atoms with van der Waals surface area (Å²) in [4.78, 5) is 0. The van der Waals surface area contributed by atoms with Crippen LogP contribution in [-0.2, 0) is 9.05 Å². The van der Waals surface area contributed by atoms with Crippen LogP contribution in [0.1, 0.15) is 12.0 Å². The molecule has 3 nitrogen and oxygen atoms in total. The first-order valence-electron chi connectivity index (χ1n) is 4.60. The van der Waals surface area contributed by atoms with E-state index in [4.69, 9.17) is 15.4 Å². The topological polar surface area (TPSA) is 43.4 Å². The van der Waals surface area contributed by atoms with Gasteiger partial charge in [-0.3, -0.25) is 0 Å². The predicted molar refractivity (Wildman–Crippen MR) is 60.9 cm³/mol. The maximum Gasteiger partial charge on any atom is 0.232 e. The maximum absolute atomic E-state index is 10.6. The predicted octanol–water partition coefficient (Wildman–Crippen LogP) is 2.33. The standard InChI is InChI=1S/C10H13ClO3S/c1-9-5-2-3-6-10(9)14-7-4-8-15(11,12)13/h2-3,5-6H,4,7-8H2,1H3. The highest BCUT2D eigenvalue weighted by atomic mass is 35.7. The Balaban J connectivity index is 2.36. The zero-order chi connectivity index (χ0) is 11.3. The SMILES string of the molecule is Cc1ccccc1OCCCS(=O)(=O)Cl. The van der Waals surface area contributed by atoms with Crippen LogP contribution in [0.5, 0.6) is 5.75 Å². The van der Waals surface area contributed by atoms with E-state index in [1.807, 2.05) is 31.2 Å². The molecular weight excluding hydrogens is 236 g/mol. The Morgan fingerprint density at radius 2 is 2.00 bits per heavy atom. The zero-order valence-electron chi connectivity index (χ0n) is 8.44. The van der Waals surface area contributed by atoms with Gasteiger partial charge < -0.3 is 4.74 Å². The number of hydrogen-bond acceptors (Lipinski definition) is 3. The van der Waals surface area contributed by atoms with Crippen molar-refractivity contribution in [3.8, 4) is 5.75 Å². The van der Waals surface area contributed by atoms with Crippen LogP contribution in [0.25, 0.3) is 0 Å². The molecule has 0 saturated heterocycles. The third-order valence-corrected chi connectivity index (χ3v) is 3.12. The third-order valence-electron chi connectivity index (χ3n) is 1.88. The van der Waals surface area contributed by atoms with E-state index < -0.39 is 9.05 Å². The Labute approximate surface area is 94.4 Å². The first-order valence-corrected chi connectivity index (χ1v) is 7.07. The van der Waals surface area contributed by atoms with Gasteiger partial charge in [-0.15, -0.1) is 0 Å². The Morgan fingerprint density at radius 1 is 1.33 bits per heavy atom. The fourth-order valence-electron chi connectivity index (χ4n) is 1.13. The molecule has 0 heterocycles. The molecule has 0 N–H and O–H groups in total. The van der Waals surface area contributed by atoms with Gasteiger partial charge in [-0.05, 0) is 25.0 Å². The number of rotatable bonds is 5. The van der Waals surface area contributed by atoms with Crippen molar-refractivity contribution in [2.45, 2.75) is 13.3 Å². The van der Waals surface area contributed by atoms with E-state index in [-0.39, 0.29) is 5.75 Å². The highest BCUT2D eigenvalue weighted by Crippen LogP contribution is 2.16. The van der Waals surface area contributed by atoms with Crippen molar-refractivity contribution in [1.29, 1.82) is 0 Å². The molecular formula is C10H13ClO3S. The van der Waals surface area contributed by atoms with E-state index in [1.54, 1.807) is 0 Å². The summed E-state index contributed by atoms with van der Waals surface area (Å²) in [6.07, 6.45) is 0.403. The van der Waals surface area contributed by atoms with E-state index in [1.165, 1.54) is 0 Å². The maximum atomic E-state index is 10.6. The molecule has 5 heteroatoms. The van der Waals surface area contributed by atoms with Gasteiger partial charge in [0.1, 0.15) is 5.75 Å². The van der Waals surface area contributed by atoms with Crippen LogP contribution >= 0.6 is 10.7 Å². The Kier molecular flexibility index (Phi) is 4.42. The molecule has 0 unspecified atom stereocenters. The lowest BCUT2D eigenvalue weighted by Crippen LogP contribution is -2.05. The van der Waals surface area contributed by atoms with Crippen molar-refractivity contribution in [1.82, 2.24) is 0 Å². The lowest BCUT2D eigenvalue weighted by atomic mass is 10.2. The summed E-state index contributed by atoms with van der Waals surface area (Å²) in [5, 5.41) is 0. The molecule has 15 heavy (non-hydrogen) atoms. The Bertz CT molecular complexity index is 414. The lowest BCUT2D eigenvalue weighted by molar-refractivity contribution is 0.316. The largest absolute Gasteiger partial charge is 0.493 e. The van der Waals surface area contributed by atoms with Crippen LogP contribution < -0.4 is 4.74 Å². The molecule has 0 atom stereocenters. The summed E-state index contributed by atoms with van der Waals surface area (Å²) < 4.78 is 26.6. The second kappa shape index (κ2) is 5.37. The first-order chi connectivity index (χ1) is 6.99. The van der Waals surface area contributed by atoms with Crippen LogP contribution in [0, 0.1) is 6.92 Å². The number of hydrogen-bond donors (Lipinski definition) is 0. The van der Waals surface area contributed by atoms with Crippen LogP contribution in [-0.4, -0.2) is 20.8 Å². The number of benzene rings is 1. The summed E-state index contributed by atoms with van der Waals surface area (Å²) >= 11 is 0. The Morgan fingerprint density at radius 3 is 2.60 bits per heavy atom. The van der Waals surface area contributed by atoms with E-state index in [9.17, 15) is 8.42 Å². The highest BCUT2D eigenvalue weighted by Gasteiger charge is 2.04. The van der Waals surface area contributed by atoms with Gasteiger partial charge in [0.05, 0.1) is 12.4 Å². The molecule has 1 rings (SSSR count). The average molecular weight is 249 g/mol. The molecule has 0 aliphatic heterocycles. The van der Waals surface area contributed by atoms with Crippen molar-refractivity contribution in [3.05, 3.63) is 29.8 Å². The molecule has 0 amide bonds. The second-order valence-electron chi connectivity index (χ2n) is 3.21. The third kappa shape index (κ3) is 5.04. The Hall–Kier alpha value is -0.740. The summed E-state index contributed by atoms with van der Waals surface area (Å²) in [5.41, 5.74) is 1.03. The minimum Gasteiger partial charge on any atom is -0.493 e. The van der Waals surface area contributed by atoms with Crippen molar-refractivity contribution < 1.29 is 13.2 Å². The summed E-state index contributed by atoms with van der Waals surface area (Å²) in [7, 11) is 1.67. The smallest absolute Gasteiger partial charge is 0.232 e. The summed E-state index contributed by atoms with van der Waals surface area (Å²) in [6.45, 7) is 2.30. The molecule has 0 bridgehead atoms. The lowest BCUT2D eigenvalue weighted by Gasteiger charge is -2.07. The van der Waals surface area contributed by atoms with E-state index >= 15 is 0 Å². The molecule has 0 aliphatic rings. The van der Waals surface area contributed by atoms with Crippen molar-refractivity contribution in [3.63, 3.8) is 0 Å². The number of aryl methyl sites for hydroxylation is 1. The zero-order valence-corrected chi connectivity index (χ0v) is 10.0. The van der Waals surface area contributed by atoms with E-state index in [0.717, 1.165) is 11.3 Å². The van der Waals surface area contributed by atoms with Gasteiger partial charge in [0.15, 0.2) is 0 Å².